The molecule has 18 heavy (non-hydrogen) atoms. The van der Waals surface area contributed by atoms with Crippen molar-refractivity contribution < 1.29 is 0 Å². The monoisotopic (exact) mass is 232 g/mol. The number of fused-ring (bicyclic) bond motifs is 1. The third-order valence-corrected chi connectivity index (χ3v) is 3.56. The van der Waals surface area contributed by atoms with E-state index in [4.69, 9.17) is 0 Å². The van der Waals surface area contributed by atoms with Gasteiger partial charge in [0.15, 0.2) is 0 Å². The van der Waals surface area contributed by atoms with E-state index in [0.29, 0.717) is 0 Å². The first-order valence-corrected chi connectivity index (χ1v) is 6.36. The van der Waals surface area contributed by atoms with E-state index in [1.54, 1.807) is 0 Å². The summed E-state index contributed by atoms with van der Waals surface area (Å²) in [5.41, 5.74) is 6.96. The number of hydrogen-bond donors (Lipinski definition) is 0. The molecule has 0 fully saturated rings. The first-order chi connectivity index (χ1) is 8.84. The summed E-state index contributed by atoms with van der Waals surface area (Å²) in [6.07, 6.45) is 5.51. The van der Waals surface area contributed by atoms with Gasteiger partial charge in [0, 0.05) is 0 Å². The second-order valence-electron chi connectivity index (χ2n) is 4.73. The van der Waals surface area contributed by atoms with Crippen LogP contribution in [0.15, 0.2) is 66.2 Å². The van der Waals surface area contributed by atoms with E-state index >= 15 is 0 Å². The highest BCUT2D eigenvalue weighted by atomic mass is 14.2. The maximum absolute atomic E-state index is 2.25. The lowest BCUT2D eigenvalue weighted by molar-refractivity contribution is 1.25. The Balaban J connectivity index is 1.88. The predicted octanol–water partition coefficient (Wildman–Crippen LogP) is 4.73. The molecule has 0 atom stereocenters. The summed E-state index contributed by atoms with van der Waals surface area (Å²) in [6, 6.07) is 19.1. The fourth-order valence-corrected chi connectivity index (χ4v) is 2.50. The van der Waals surface area contributed by atoms with Crippen LogP contribution in [0.3, 0.4) is 0 Å². The highest BCUT2D eigenvalue weighted by Gasteiger charge is 2.15. The largest absolute Gasteiger partial charge is 0.0622 e. The zero-order valence-corrected chi connectivity index (χ0v) is 10.6. The quantitative estimate of drug-likeness (QED) is 0.702. The molecule has 0 amide bonds. The zero-order chi connectivity index (χ0) is 12.4. The maximum Gasteiger partial charge on any atom is -0.00169 e. The molecule has 0 saturated heterocycles. The van der Waals surface area contributed by atoms with E-state index in [0.717, 1.165) is 6.42 Å². The standard InChI is InChI=1S/C18H16/c1-14-16(12-11-15-7-3-2-4-8-15)13-17-9-5-6-10-18(14)17/h2-12H,13H2,1H3/b12-11+. The molecule has 0 heterocycles. The molecule has 0 radical (unpaired) electrons. The van der Waals surface area contributed by atoms with Gasteiger partial charge in [-0.3, -0.25) is 0 Å². The molecule has 1 aliphatic rings. The van der Waals surface area contributed by atoms with Crippen molar-refractivity contribution in [3.8, 4) is 0 Å². The molecule has 0 bridgehead atoms. The fraction of sp³-hybridized carbons (Fsp3) is 0.111. The first kappa shape index (κ1) is 11.0. The smallest absolute Gasteiger partial charge is 0.00169 e. The third kappa shape index (κ3) is 2.02. The minimum absolute atomic E-state index is 1.06. The van der Waals surface area contributed by atoms with Gasteiger partial charge in [-0.05, 0) is 41.2 Å². The van der Waals surface area contributed by atoms with Crippen LogP contribution in [-0.4, -0.2) is 0 Å². The van der Waals surface area contributed by atoms with E-state index in [1.165, 1.54) is 27.8 Å². The average Bonchev–Trinajstić information content (AvgIpc) is 2.75. The first-order valence-electron chi connectivity index (χ1n) is 6.36. The van der Waals surface area contributed by atoms with Crippen molar-refractivity contribution in [2.24, 2.45) is 0 Å². The summed E-state index contributed by atoms with van der Waals surface area (Å²) in [6.45, 7) is 2.22. The number of benzene rings is 2. The molecule has 2 aromatic carbocycles. The van der Waals surface area contributed by atoms with Crippen molar-refractivity contribution in [2.75, 3.05) is 0 Å². The Hall–Kier alpha value is -2.08. The number of rotatable bonds is 2. The van der Waals surface area contributed by atoms with Gasteiger partial charge in [-0.2, -0.15) is 0 Å². The normalized spacial score (nSPS) is 14.3. The van der Waals surface area contributed by atoms with Gasteiger partial charge in [-0.1, -0.05) is 66.7 Å². The van der Waals surface area contributed by atoms with Crippen molar-refractivity contribution in [3.63, 3.8) is 0 Å². The Morgan fingerprint density at radius 1 is 0.833 bits per heavy atom. The summed E-state index contributed by atoms with van der Waals surface area (Å²) in [7, 11) is 0. The Morgan fingerprint density at radius 2 is 1.56 bits per heavy atom. The van der Waals surface area contributed by atoms with Crippen LogP contribution in [0.2, 0.25) is 0 Å². The average molecular weight is 232 g/mol. The summed E-state index contributed by atoms with van der Waals surface area (Å²) in [4.78, 5) is 0. The van der Waals surface area contributed by atoms with Gasteiger partial charge in [0.1, 0.15) is 0 Å². The molecular formula is C18H16. The Bertz CT molecular complexity index is 615. The highest BCUT2D eigenvalue weighted by molar-refractivity contribution is 5.78. The van der Waals surface area contributed by atoms with Gasteiger partial charge < -0.3 is 0 Å². The van der Waals surface area contributed by atoms with E-state index in [2.05, 4.69) is 67.6 Å². The van der Waals surface area contributed by atoms with Gasteiger partial charge in [0.25, 0.3) is 0 Å². The van der Waals surface area contributed by atoms with E-state index in [9.17, 15) is 0 Å². The predicted molar refractivity (Wildman–Crippen MR) is 78.2 cm³/mol. The summed E-state index contributed by atoms with van der Waals surface area (Å²) >= 11 is 0. The van der Waals surface area contributed by atoms with E-state index in [-0.39, 0.29) is 0 Å². The molecule has 0 heteroatoms. The SMILES string of the molecule is CC1=C(/C=C/c2ccccc2)Cc2ccccc21. The van der Waals surface area contributed by atoms with Crippen LogP contribution < -0.4 is 0 Å². The molecule has 2 aromatic rings. The Labute approximate surface area is 108 Å². The number of hydrogen-bond acceptors (Lipinski definition) is 0. The Kier molecular flexibility index (Phi) is 2.85. The molecule has 3 rings (SSSR count). The van der Waals surface area contributed by atoms with Gasteiger partial charge in [0.05, 0.1) is 0 Å². The van der Waals surface area contributed by atoms with Crippen LogP contribution in [0.1, 0.15) is 23.6 Å². The van der Waals surface area contributed by atoms with Gasteiger partial charge >= 0.3 is 0 Å². The van der Waals surface area contributed by atoms with Crippen LogP contribution in [-0.2, 0) is 6.42 Å². The molecular weight excluding hydrogens is 216 g/mol. The lowest BCUT2D eigenvalue weighted by Gasteiger charge is -1.98. The van der Waals surface area contributed by atoms with Crippen LogP contribution in [0.25, 0.3) is 11.6 Å². The summed E-state index contributed by atoms with van der Waals surface area (Å²) < 4.78 is 0. The van der Waals surface area contributed by atoms with E-state index < -0.39 is 0 Å². The fourth-order valence-electron chi connectivity index (χ4n) is 2.50. The summed E-state index contributed by atoms with van der Waals surface area (Å²) in [5, 5.41) is 0. The second kappa shape index (κ2) is 4.66. The molecule has 0 unspecified atom stereocenters. The minimum Gasteiger partial charge on any atom is -0.0622 e. The van der Waals surface area contributed by atoms with Crippen LogP contribution in [0, 0.1) is 0 Å². The molecule has 0 nitrogen and oxygen atoms in total. The molecule has 88 valence electrons. The Morgan fingerprint density at radius 3 is 2.33 bits per heavy atom. The van der Waals surface area contributed by atoms with Crippen molar-refractivity contribution >= 4 is 11.6 Å². The van der Waals surface area contributed by atoms with E-state index in [1.807, 2.05) is 6.07 Å². The topological polar surface area (TPSA) is 0 Å². The van der Waals surface area contributed by atoms with Crippen molar-refractivity contribution in [3.05, 3.63) is 82.9 Å². The van der Waals surface area contributed by atoms with Gasteiger partial charge in [0.2, 0.25) is 0 Å². The second-order valence-corrected chi connectivity index (χ2v) is 4.73. The van der Waals surface area contributed by atoms with Crippen LogP contribution >= 0.6 is 0 Å². The van der Waals surface area contributed by atoms with Crippen LogP contribution in [0.4, 0.5) is 0 Å². The van der Waals surface area contributed by atoms with Gasteiger partial charge in [-0.15, -0.1) is 0 Å². The minimum atomic E-state index is 1.06. The van der Waals surface area contributed by atoms with Crippen molar-refractivity contribution in [1.29, 1.82) is 0 Å². The lowest BCUT2D eigenvalue weighted by atomic mass is 10.1. The number of allylic oxidation sites excluding steroid dienone is 3. The molecule has 0 aliphatic heterocycles. The molecule has 0 aromatic heterocycles. The molecule has 1 aliphatic carbocycles. The lowest BCUT2D eigenvalue weighted by Crippen LogP contribution is -1.81. The van der Waals surface area contributed by atoms with Crippen molar-refractivity contribution in [1.82, 2.24) is 0 Å². The highest BCUT2D eigenvalue weighted by Crippen LogP contribution is 2.33. The summed E-state index contributed by atoms with van der Waals surface area (Å²) in [5.74, 6) is 0. The van der Waals surface area contributed by atoms with Gasteiger partial charge in [-0.25, -0.2) is 0 Å². The molecule has 0 saturated carbocycles. The third-order valence-electron chi connectivity index (χ3n) is 3.56. The molecule has 0 spiro atoms. The zero-order valence-electron chi connectivity index (χ0n) is 10.6. The molecule has 0 N–H and O–H groups in total. The van der Waals surface area contributed by atoms with Crippen molar-refractivity contribution in [2.45, 2.75) is 13.3 Å². The van der Waals surface area contributed by atoms with Crippen LogP contribution in [0.5, 0.6) is 0 Å². The maximum atomic E-state index is 2.25.